The van der Waals surface area contributed by atoms with Crippen molar-refractivity contribution in [3.05, 3.63) is 28.0 Å². The van der Waals surface area contributed by atoms with Crippen LogP contribution >= 0.6 is 26.6 Å². The van der Waals surface area contributed by atoms with Gasteiger partial charge in [-0.2, -0.15) is 0 Å². The molecule has 0 aliphatic carbocycles. The fourth-order valence-corrected chi connectivity index (χ4v) is 3.56. The molecular formula is C12H13BrClFO5S. The fraction of sp³-hybridized carbons (Fsp3) is 0.417. The van der Waals surface area contributed by atoms with Crippen LogP contribution in [0.1, 0.15) is 23.7 Å². The number of esters is 1. The van der Waals surface area contributed by atoms with E-state index in [0.29, 0.717) is 6.61 Å². The summed E-state index contributed by atoms with van der Waals surface area (Å²) >= 11 is 2.87. The van der Waals surface area contributed by atoms with E-state index in [-0.39, 0.29) is 17.7 Å². The van der Waals surface area contributed by atoms with Crippen LogP contribution in [-0.2, 0) is 18.5 Å². The third-order valence-corrected chi connectivity index (χ3v) is 4.59. The van der Waals surface area contributed by atoms with E-state index in [0.717, 1.165) is 18.6 Å². The molecule has 0 spiro atoms. The molecule has 0 amide bonds. The van der Waals surface area contributed by atoms with Gasteiger partial charge in [-0.05, 0) is 34.5 Å². The van der Waals surface area contributed by atoms with Crippen molar-refractivity contribution in [3.63, 3.8) is 0 Å². The second-order valence-corrected chi connectivity index (χ2v) is 7.34. The topological polar surface area (TPSA) is 69.7 Å². The van der Waals surface area contributed by atoms with E-state index in [1.54, 1.807) is 0 Å². The van der Waals surface area contributed by atoms with Crippen LogP contribution in [0.2, 0.25) is 0 Å². The lowest BCUT2D eigenvalue weighted by molar-refractivity contribution is 0.0314. The molecule has 0 fully saturated rings. The van der Waals surface area contributed by atoms with Gasteiger partial charge in [0.25, 0.3) is 9.05 Å². The largest absolute Gasteiger partial charge is 0.460 e. The number of hydrogen-bond donors (Lipinski definition) is 0. The van der Waals surface area contributed by atoms with Crippen molar-refractivity contribution in [2.24, 2.45) is 0 Å². The second kappa shape index (κ2) is 8.07. The molecule has 0 heterocycles. The molecule has 0 saturated carbocycles. The first-order valence-electron chi connectivity index (χ1n) is 5.96. The molecule has 5 nitrogen and oxygen atoms in total. The average molecular weight is 404 g/mol. The van der Waals surface area contributed by atoms with Crippen molar-refractivity contribution < 1.29 is 27.1 Å². The molecule has 0 unspecified atom stereocenters. The Balaban J connectivity index is 2.85. The summed E-state index contributed by atoms with van der Waals surface area (Å²) in [5, 5.41) is 0. The number of ether oxygens (including phenoxy) is 2. The molecule has 9 heteroatoms. The third kappa shape index (κ3) is 5.54. The predicted octanol–water partition coefficient (Wildman–Crippen LogP) is 3.10. The zero-order valence-electron chi connectivity index (χ0n) is 11.1. The maximum atomic E-state index is 13.7. The highest BCUT2D eigenvalue weighted by molar-refractivity contribution is 9.10. The summed E-state index contributed by atoms with van der Waals surface area (Å²) in [6.07, 6.45) is 0.826. The lowest BCUT2D eigenvalue weighted by Gasteiger charge is -2.08. The molecule has 0 radical (unpaired) electrons. The van der Waals surface area contributed by atoms with Crippen molar-refractivity contribution in [2.45, 2.75) is 18.2 Å². The van der Waals surface area contributed by atoms with Gasteiger partial charge in [-0.3, -0.25) is 0 Å². The first-order valence-corrected chi connectivity index (χ1v) is 9.06. The highest BCUT2D eigenvalue weighted by Gasteiger charge is 2.22. The van der Waals surface area contributed by atoms with Gasteiger partial charge in [-0.15, -0.1) is 0 Å². The third-order valence-electron chi connectivity index (χ3n) is 2.31. The molecular weight excluding hydrogens is 391 g/mol. The van der Waals surface area contributed by atoms with Crippen molar-refractivity contribution in [3.8, 4) is 0 Å². The lowest BCUT2D eigenvalue weighted by atomic mass is 10.2. The summed E-state index contributed by atoms with van der Waals surface area (Å²) < 4.78 is 46.2. The summed E-state index contributed by atoms with van der Waals surface area (Å²) in [7, 11) is 1.09. The van der Waals surface area contributed by atoms with E-state index >= 15 is 0 Å². The molecule has 0 aliphatic heterocycles. The van der Waals surface area contributed by atoms with E-state index in [1.807, 2.05) is 6.92 Å². The lowest BCUT2D eigenvalue weighted by Crippen LogP contribution is -2.13. The van der Waals surface area contributed by atoms with E-state index in [2.05, 4.69) is 15.9 Å². The van der Waals surface area contributed by atoms with Gasteiger partial charge in [0.15, 0.2) is 0 Å². The van der Waals surface area contributed by atoms with Crippen molar-refractivity contribution in [2.75, 3.05) is 19.8 Å². The molecule has 118 valence electrons. The quantitative estimate of drug-likeness (QED) is 0.397. The van der Waals surface area contributed by atoms with Gasteiger partial charge < -0.3 is 9.47 Å². The molecule has 1 aromatic carbocycles. The fourth-order valence-electron chi connectivity index (χ4n) is 1.39. The Morgan fingerprint density at radius 1 is 1.33 bits per heavy atom. The van der Waals surface area contributed by atoms with E-state index in [1.165, 1.54) is 0 Å². The molecule has 0 N–H and O–H groups in total. The smallest absolute Gasteiger partial charge is 0.341 e. The summed E-state index contributed by atoms with van der Waals surface area (Å²) in [6, 6.07) is 1.68. The van der Waals surface area contributed by atoms with E-state index in [9.17, 15) is 17.6 Å². The zero-order chi connectivity index (χ0) is 16.0. The van der Waals surface area contributed by atoms with Gasteiger partial charge in [0.1, 0.15) is 12.4 Å². The van der Waals surface area contributed by atoms with Gasteiger partial charge in [0, 0.05) is 21.8 Å². The molecule has 0 bridgehead atoms. The number of hydrogen-bond acceptors (Lipinski definition) is 5. The second-order valence-electron chi connectivity index (χ2n) is 3.95. The minimum absolute atomic E-state index is 0.0582. The highest BCUT2D eigenvalue weighted by Crippen LogP contribution is 2.28. The maximum absolute atomic E-state index is 13.7. The normalized spacial score (nSPS) is 11.4. The highest BCUT2D eigenvalue weighted by atomic mass is 79.9. The Morgan fingerprint density at radius 3 is 2.57 bits per heavy atom. The van der Waals surface area contributed by atoms with Crippen LogP contribution in [0, 0.1) is 5.82 Å². The zero-order valence-corrected chi connectivity index (χ0v) is 14.2. The van der Waals surface area contributed by atoms with Crippen molar-refractivity contribution in [1.82, 2.24) is 0 Å². The summed E-state index contributed by atoms with van der Waals surface area (Å²) in [4.78, 5) is 11.3. The first-order chi connectivity index (χ1) is 9.77. The molecule has 0 aromatic heterocycles. The SMILES string of the molecule is CCCOCCOC(=O)c1cc(S(=O)(=O)Cl)c(Br)cc1F. The summed E-state index contributed by atoms with van der Waals surface area (Å²) in [5.74, 6) is -1.90. The van der Waals surface area contributed by atoms with Crippen LogP contribution in [0.4, 0.5) is 4.39 Å². The van der Waals surface area contributed by atoms with Gasteiger partial charge in [0.05, 0.1) is 17.1 Å². The molecule has 0 aliphatic rings. The van der Waals surface area contributed by atoms with Crippen LogP contribution in [0.3, 0.4) is 0 Å². The number of carbonyl (C=O) groups is 1. The molecule has 1 rings (SSSR count). The van der Waals surface area contributed by atoms with E-state index < -0.39 is 31.3 Å². The molecule has 1 aromatic rings. The van der Waals surface area contributed by atoms with Crippen LogP contribution in [-0.4, -0.2) is 34.2 Å². The first kappa shape index (κ1) is 18.3. The Kier molecular flexibility index (Phi) is 7.05. The minimum atomic E-state index is -4.11. The van der Waals surface area contributed by atoms with Crippen LogP contribution in [0.25, 0.3) is 0 Å². The summed E-state index contributed by atoms with van der Waals surface area (Å²) in [6.45, 7) is 2.58. The monoisotopic (exact) mass is 402 g/mol. The maximum Gasteiger partial charge on any atom is 0.341 e. The average Bonchev–Trinajstić information content (AvgIpc) is 2.36. The number of halogens is 3. The molecule has 0 saturated heterocycles. The standard InChI is InChI=1S/C12H13BrClFO5S/c1-2-3-19-4-5-20-12(16)8-6-11(21(14,17)18)9(13)7-10(8)15/h6-7H,2-5H2,1H3. The van der Waals surface area contributed by atoms with Gasteiger partial charge in [-0.1, -0.05) is 6.92 Å². The van der Waals surface area contributed by atoms with Crippen molar-refractivity contribution >= 4 is 41.6 Å². The minimum Gasteiger partial charge on any atom is -0.460 e. The number of carbonyl (C=O) groups excluding carboxylic acids is 1. The van der Waals surface area contributed by atoms with Crippen LogP contribution in [0.5, 0.6) is 0 Å². The van der Waals surface area contributed by atoms with Gasteiger partial charge in [-0.25, -0.2) is 17.6 Å². The van der Waals surface area contributed by atoms with Crippen molar-refractivity contribution in [1.29, 1.82) is 0 Å². The molecule has 21 heavy (non-hydrogen) atoms. The molecule has 0 atom stereocenters. The van der Waals surface area contributed by atoms with Crippen LogP contribution in [0.15, 0.2) is 21.5 Å². The van der Waals surface area contributed by atoms with Gasteiger partial charge >= 0.3 is 5.97 Å². The Labute approximate surface area is 134 Å². The summed E-state index contributed by atoms with van der Waals surface area (Å²) in [5.41, 5.74) is -0.507. The van der Waals surface area contributed by atoms with E-state index in [4.69, 9.17) is 20.2 Å². The predicted molar refractivity (Wildman–Crippen MR) is 78.5 cm³/mol. The Morgan fingerprint density at radius 2 is 2.00 bits per heavy atom. The number of benzene rings is 1. The Hall–Kier alpha value is -0.700. The number of rotatable bonds is 7. The van der Waals surface area contributed by atoms with Crippen LogP contribution < -0.4 is 0 Å². The van der Waals surface area contributed by atoms with Gasteiger partial charge in [0.2, 0.25) is 0 Å². The Bertz CT molecular complexity index is 620.